The lowest BCUT2D eigenvalue weighted by Crippen LogP contribution is -2.29. The van der Waals surface area contributed by atoms with Crippen LogP contribution in [-0.4, -0.2) is 45.6 Å². The second-order valence-electron chi connectivity index (χ2n) is 7.61. The van der Waals surface area contributed by atoms with Gasteiger partial charge in [-0.3, -0.25) is 9.78 Å². The molecule has 1 saturated heterocycles. The van der Waals surface area contributed by atoms with Crippen LogP contribution in [-0.2, 0) is 0 Å². The minimum atomic E-state index is -0.0509. The lowest BCUT2D eigenvalue weighted by Gasteiger charge is -2.16. The van der Waals surface area contributed by atoms with Gasteiger partial charge in [0.25, 0.3) is 5.91 Å². The first-order valence-electron chi connectivity index (χ1n) is 10.1. The maximum absolute atomic E-state index is 13.1. The third-order valence-electron chi connectivity index (χ3n) is 5.49. The molecule has 0 aliphatic carbocycles. The van der Waals surface area contributed by atoms with Gasteiger partial charge in [-0.2, -0.15) is 0 Å². The standard InChI is InChI=1S/C23H20ClN5O2/c24-17-6-7-19-20(10-17)25-13-21(28-19)26-11-15-8-9-29(14-15)23(30)18-12-27-31-22(18)16-4-2-1-3-5-16/h1-7,10,12-13,15H,8-9,11,14H2,(H,26,28)/t15-/m1/s1. The first kappa shape index (κ1) is 19.5. The average Bonchev–Trinajstić information content (AvgIpc) is 3.48. The summed E-state index contributed by atoms with van der Waals surface area (Å²) in [4.78, 5) is 23.9. The highest BCUT2D eigenvalue weighted by Gasteiger charge is 2.30. The predicted molar refractivity (Wildman–Crippen MR) is 119 cm³/mol. The Hall–Kier alpha value is -3.45. The number of carbonyl (C=O) groups excluding carboxylic acids is 1. The second kappa shape index (κ2) is 8.35. The zero-order valence-electron chi connectivity index (χ0n) is 16.7. The third kappa shape index (κ3) is 4.09. The van der Waals surface area contributed by atoms with Crippen LogP contribution in [0.5, 0.6) is 0 Å². The molecule has 7 nitrogen and oxygen atoms in total. The Morgan fingerprint density at radius 1 is 1.16 bits per heavy atom. The highest BCUT2D eigenvalue weighted by molar-refractivity contribution is 6.31. The number of amides is 1. The summed E-state index contributed by atoms with van der Waals surface area (Å²) in [5, 5.41) is 7.85. The molecule has 1 amide bonds. The molecule has 0 unspecified atom stereocenters. The van der Waals surface area contributed by atoms with Crippen LogP contribution in [0.4, 0.5) is 5.82 Å². The van der Waals surface area contributed by atoms with Crippen molar-refractivity contribution in [2.75, 3.05) is 25.0 Å². The summed E-state index contributed by atoms with van der Waals surface area (Å²) in [5.41, 5.74) is 2.90. The lowest BCUT2D eigenvalue weighted by molar-refractivity contribution is 0.0788. The van der Waals surface area contributed by atoms with Gasteiger partial charge in [0.2, 0.25) is 0 Å². The summed E-state index contributed by atoms with van der Waals surface area (Å²) in [6, 6.07) is 15.0. The molecule has 1 fully saturated rings. The number of benzene rings is 2. The van der Waals surface area contributed by atoms with E-state index in [0.29, 0.717) is 47.7 Å². The van der Waals surface area contributed by atoms with Crippen LogP contribution < -0.4 is 5.32 Å². The van der Waals surface area contributed by atoms with Gasteiger partial charge in [-0.25, -0.2) is 4.98 Å². The molecule has 1 atom stereocenters. The van der Waals surface area contributed by atoms with Crippen molar-refractivity contribution in [1.82, 2.24) is 20.0 Å². The quantitative estimate of drug-likeness (QED) is 0.498. The fourth-order valence-corrected chi connectivity index (χ4v) is 4.03. The molecule has 2 aromatic carbocycles. The molecule has 1 aliphatic heterocycles. The van der Waals surface area contributed by atoms with E-state index < -0.39 is 0 Å². The molecule has 31 heavy (non-hydrogen) atoms. The van der Waals surface area contributed by atoms with Crippen LogP contribution in [0.3, 0.4) is 0 Å². The fourth-order valence-electron chi connectivity index (χ4n) is 3.86. The molecule has 156 valence electrons. The van der Waals surface area contributed by atoms with Gasteiger partial charge in [-0.1, -0.05) is 47.1 Å². The number of nitrogens with zero attached hydrogens (tertiary/aromatic N) is 4. The van der Waals surface area contributed by atoms with Gasteiger partial charge in [-0.05, 0) is 30.5 Å². The number of anilines is 1. The van der Waals surface area contributed by atoms with Crippen LogP contribution >= 0.6 is 11.6 Å². The van der Waals surface area contributed by atoms with Gasteiger partial charge in [0.1, 0.15) is 11.4 Å². The summed E-state index contributed by atoms with van der Waals surface area (Å²) in [6.45, 7) is 2.08. The molecule has 2 aromatic heterocycles. The number of hydrogen-bond acceptors (Lipinski definition) is 6. The van der Waals surface area contributed by atoms with Crippen molar-refractivity contribution < 1.29 is 9.32 Å². The lowest BCUT2D eigenvalue weighted by atomic mass is 10.1. The van der Waals surface area contributed by atoms with E-state index in [1.54, 1.807) is 18.3 Å². The monoisotopic (exact) mass is 433 g/mol. The highest BCUT2D eigenvalue weighted by atomic mass is 35.5. The Kier molecular flexibility index (Phi) is 5.26. The van der Waals surface area contributed by atoms with E-state index in [0.717, 1.165) is 23.0 Å². The molecule has 1 aliphatic rings. The Labute approximate surface area is 184 Å². The first-order valence-corrected chi connectivity index (χ1v) is 10.5. The van der Waals surface area contributed by atoms with Crippen LogP contribution in [0, 0.1) is 5.92 Å². The Morgan fingerprint density at radius 3 is 2.90 bits per heavy atom. The predicted octanol–water partition coefficient (Wildman–Crippen LogP) is 4.51. The van der Waals surface area contributed by atoms with Crippen molar-refractivity contribution in [1.29, 1.82) is 0 Å². The molecule has 8 heteroatoms. The van der Waals surface area contributed by atoms with Gasteiger partial charge in [0.05, 0.1) is 23.4 Å². The number of aromatic nitrogens is 3. The number of fused-ring (bicyclic) bond motifs is 1. The minimum absolute atomic E-state index is 0.0509. The minimum Gasteiger partial charge on any atom is -0.368 e. The summed E-state index contributed by atoms with van der Waals surface area (Å²) < 4.78 is 5.37. The van der Waals surface area contributed by atoms with E-state index in [9.17, 15) is 4.79 Å². The summed E-state index contributed by atoms with van der Waals surface area (Å²) in [7, 11) is 0. The molecule has 3 heterocycles. The van der Waals surface area contributed by atoms with E-state index in [-0.39, 0.29) is 5.91 Å². The van der Waals surface area contributed by atoms with E-state index in [1.165, 1.54) is 6.20 Å². The van der Waals surface area contributed by atoms with Gasteiger partial charge < -0.3 is 14.7 Å². The second-order valence-corrected chi connectivity index (χ2v) is 8.05. The van der Waals surface area contributed by atoms with Crippen molar-refractivity contribution in [3.05, 3.63) is 71.5 Å². The van der Waals surface area contributed by atoms with E-state index in [2.05, 4.69) is 20.4 Å². The van der Waals surface area contributed by atoms with Crippen LogP contribution in [0.25, 0.3) is 22.4 Å². The molecule has 4 aromatic rings. The molecule has 0 bridgehead atoms. The van der Waals surface area contributed by atoms with Crippen molar-refractivity contribution in [3.8, 4) is 11.3 Å². The van der Waals surface area contributed by atoms with Gasteiger partial charge in [0, 0.05) is 30.2 Å². The third-order valence-corrected chi connectivity index (χ3v) is 5.72. The number of likely N-dealkylation sites (tertiary alicyclic amines) is 1. The average molecular weight is 434 g/mol. The Bertz CT molecular complexity index is 1230. The van der Waals surface area contributed by atoms with E-state index in [1.807, 2.05) is 41.3 Å². The fraction of sp³-hybridized carbons (Fsp3) is 0.217. The Balaban J connectivity index is 1.22. The zero-order valence-corrected chi connectivity index (χ0v) is 17.4. The SMILES string of the molecule is O=C(c1cnoc1-c1ccccc1)N1CC[C@H](CNc2cnc3cc(Cl)ccc3n2)C1. The molecule has 1 N–H and O–H groups in total. The van der Waals surface area contributed by atoms with Crippen molar-refractivity contribution >= 4 is 34.4 Å². The highest BCUT2D eigenvalue weighted by Crippen LogP contribution is 2.27. The molecule has 0 saturated carbocycles. The maximum atomic E-state index is 13.1. The first-order chi connectivity index (χ1) is 15.2. The summed E-state index contributed by atoms with van der Waals surface area (Å²) in [5.74, 6) is 1.50. The van der Waals surface area contributed by atoms with Crippen molar-refractivity contribution in [3.63, 3.8) is 0 Å². The van der Waals surface area contributed by atoms with Gasteiger partial charge >= 0.3 is 0 Å². The molecule has 5 rings (SSSR count). The number of halogens is 1. The molecular weight excluding hydrogens is 414 g/mol. The number of hydrogen-bond donors (Lipinski definition) is 1. The number of rotatable bonds is 5. The normalized spacial score (nSPS) is 16.0. The number of nitrogens with one attached hydrogen (secondary N) is 1. The van der Waals surface area contributed by atoms with Crippen LogP contribution in [0.15, 0.2) is 65.4 Å². The zero-order chi connectivity index (χ0) is 21.2. The summed E-state index contributed by atoms with van der Waals surface area (Å²) in [6.07, 6.45) is 4.13. The van der Waals surface area contributed by atoms with Gasteiger partial charge in [-0.15, -0.1) is 0 Å². The molecule has 0 radical (unpaired) electrons. The van der Waals surface area contributed by atoms with Crippen LogP contribution in [0.2, 0.25) is 5.02 Å². The van der Waals surface area contributed by atoms with Crippen molar-refractivity contribution in [2.24, 2.45) is 5.92 Å². The summed E-state index contributed by atoms with van der Waals surface area (Å²) >= 11 is 6.00. The van der Waals surface area contributed by atoms with Crippen LogP contribution in [0.1, 0.15) is 16.8 Å². The Morgan fingerprint density at radius 2 is 2.03 bits per heavy atom. The number of carbonyl (C=O) groups is 1. The van der Waals surface area contributed by atoms with Gasteiger partial charge in [0.15, 0.2) is 5.76 Å². The van der Waals surface area contributed by atoms with E-state index >= 15 is 0 Å². The topological polar surface area (TPSA) is 84.2 Å². The maximum Gasteiger partial charge on any atom is 0.259 e. The molecule has 0 spiro atoms. The van der Waals surface area contributed by atoms with Crippen molar-refractivity contribution in [2.45, 2.75) is 6.42 Å². The largest absolute Gasteiger partial charge is 0.368 e. The molecular formula is C23H20ClN5O2. The van der Waals surface area contributed by atoms with E-state index in [4.69, 9.17) is 16.1 Å². The smallest absolute Gasteiger partial charge is 0.259 e.